The van der Waals surface area contributed by atoms with Crippen molar-refractivity contribution in [1.29, 1.82) is 0 Å². The predicted molar refractivity (Wildman–Crippen MR) is 73.5 cm³/mol. The van der Waals surface area contributed by atoms with E-state index in [-0.39, 0.29) is 41.3 Å². The van der Waals surface area contributed by atoms with Gasteiger partial charge in [-0.05, 0) is 25.3 Å². The smallest absolute Gasteiger partial charge is 0.342 e. The minimum atomic E-state index is -3.98. The van der Waals surface area contributed by atoms with Crippen LogP contribution in [0.2, 0.25) is 0 Å². The van der Waals surface area contributed by atoms with E-state index in [1.54, 1.807) is 0 Å². The molecule has 0 amide bonds. The van der Waals surface area contributed by atoms with Crippen LogP contribution in [-0.2, 0) is 13.8 Å². The monoisotopic (exact) mass is 332 g/mol. The normalized spacial score (nSPS) is 18.0. The third-order valence-electron chi connectivity index (χ3n) is 3.44. The van der Waals surface area contributed by atoms with Gasteiger partial charge in [0.25, 0.3) is 9.05 Å². The zero-order valence-corrected chi connectivity index (χ0v) is 12.6. The lowest BCUT2D eigenvalue weighted by atomic mass is 9.96. The maximum atomic E-state index is 12.2. The number of rotatable bonds is 3. The first-order valence-corrected chi connectivity index (χ1v) is 8.85. The molecule has 3 rings (SSSR count). The van der Waals surface area contributed by atoms with Gasteiger partial charge in [-0.1, -0.05) is 0 Å². The number of halogens is 1. The molecule has 0 saturated heterocycles. The summed E-state index contributed by atoms with van der Waals surface area (Å²) in [5.41, 5.74) is 0.0262. The summed E-state index contributed by atoms with van der Waals surface area (Å²) in [6.45, 7) is 0.555. The van der Waals surface area contributed by atoms with Gasteiger partial charge in [-0.25, -0.2) is 13.2 Å². The molecule has 0 atom stereocenters. The molecule has 8 heteroatoms. The van der Waals surface area contributed by atoms with E-state index in [1.165, 1.54) is 6.07 Å². The molecule has 6 nitrogen and oxygen atoms in total. The highest BCUT2D eigenvalue weighted by Crippen LogP contribution is 2.38. The molecule has 1 aromatic rings. The molecule has 114 valence electrons. The van der Waals surface area contributed by atoms with Crippen LogP contribution in [0.15, 0.2) is 17.0 Å². The van der Waals surface area contributed by atoms with Crippen molar-refractivity contribution in [3.63, 3.8) is 0 Å². The fourth-order valence-corrected chi connectivity index (χ4v) is 2.90. The van der Waals surface area contributed by atoms with E-state index in [1.807, 2.05) is 0 Å². The second-order valence-electron chi connectivity index (χ2n) is 4.89. The fraction of sp³-hybridized carbons (Fsp3) is 0.462. The number of fused-ring (bicyclic) bond motifs is 1. The Balaban J connectivity index is 2.01. The summed E-state index contributed by atoms with van der Waals surface area (Å²) in [6, 6.07) is 2.41. The fourth-order valence-electron chi connectivity index (χ4n) is 2.12. The van der Waals surface area contributed by atoms with E-state index >= 15 is 0 Å². The Labute approximate surface area is 126 Å². The maximum absolute atomic E-state index is 12.2. The van der Waals surface area contributed by atoms with Crippen molar-refractivity contribution in [3.05, 3.63) is 17.7 Å². The van der Waals surface area contributed by atoms with Gasteiger partial charge in [-0.2, -0.15) is 0 Å². The van der Waals surface area contributed by atoms with Gasteiger partial charge in [0, 0.05) is 16.7 Å². The number of hydrogen-bond acceptors (Lipinski definition) is 6. The maximum Gasteiger partial charge on any atom is 0.342 e. The molecule has 1 aliphatic carbocycles. The summed E-state index contributed by atoms with van der Waals surface area (Å²) in [6.07, 6.45) is 2.54. The third-order valence-corrected chi connectivity index (χ3v) is 4.78. The highest BCUT2D eigenvalue weighted by molar-refractivity contribution is 8.13. The third kappa shape index (κ3) is 2.94. The van der Waals surface area contributed by atoms with Crippen molar-refractivity contribution in [2.45, 2.75) is 30.3 Å². The molecular weight excluding hydrogens is 320 g/mol. The van der Waals surface area contributed by atoms with E-state index in [9.17, 15) is 13.2 Å². The molecule has 0 radical (unpaired) electrons. The van der Waals surface area contributed by atoms with Crippen LogP contribution in [0.25, 0.3) is 0 Å². The van der Waals surface area contributed by atoms with Crippen LogP contribution >= 0.6 is 10.7 Å². The number of carbonyl (C=O) groups excluding carboxylic acids is 1. The first-order valence-electron chi connectivity index (χ1n) is 6.54. The highest BCUT2D eigenvalue weighted by Gasteiger charge is 2.29. The van der Waals surface area contributed by atoms with Gasteiger partial charge < -0.3 is 14.2 Å². The first kappa shape index (κ1) is 14.5. The number of benzene rings is 1. The van der Waals surface area contributed by atoms with E-state index in [2.05, 4.69) is 0 Å². The minimum Gasteiger partial charge on any atom is -0.486 e. The zero-order chi connectivity index (χ0) is 15.0. The largest absolute Gasteiger partial charge is 0.486 e. The van der Waals surface area contributed by atoms with Gasteiger partial charge in [0.15, 0.2) is 11.5 Å². The summed E-state index contributed by atoms with van der Waals surface area (Å²) in [7, 11) is 1.36. The number of esters is 1. The second-order valence-corrected chi connectivity index (χ2v) is 7.46. The summed E-state index contributed by atoms with van der Waals surface area (Å²) < 4.78 is 39.0. The van der Waals surface area contributed by atoms with Crippen molar-refractivity contribution < 1.29 is 27.4 Å². The van der Waals surface area contributed by atoms with E-state index < -0.39 is 15.0 Å². The average molecular weight is 333 g/mol. The number of ether oxygens (including phenoxy) is 3. The molecule has 1 heterocycles. The van der Waals surface area contributed by atoms with Gasteiger partial charge in [0.05, 0.1) is 4.90 Å². The SMILES string of the molecule is O=C(OC1CCC1)c1cc(S(=O)(=O)Cl)cc2c1OCCO2. The van der Waals surface area contributed by atoms with Crippen LogP contribution in [-0.4, -0.2) is 33.7 Å². The Kier molecular flexibility index (Phi) is 3.71. The molecule has 0 spiro atoms. The average Bonchev–Trinajstić information content (AvgIpc) is 2.40. The van der Waals surface area contributed by atoms with Crippen molar-refractivity contribution in [2.75, 3.05) is 13.2 Å². The lowest BCUT2D eigenvalue weighted by molar-refractivity contribution is 0.00830. The Morgan fingerprint density at radius 3 is 2.57 bits per heavy atom. The van der Waals surface area contributed by atoms with Crippen LogP contribution in [0.4, 0.5) is 0 Å². The van der Waals surface area contributed by atoms with E-state index in [4.69, 9.17) is 24.9 Å². The van der Waals surface area contributed by atoms with Crippen LogP contribution in [0.3, 0.4) is 0 Å². The van der Waals surface area contributed by atoms with Gasteiger partial charge in [0.1, 0.15) is 24.9 Å². The van der Waals surface area contributed by atoms with Crippen molar-refractivity contribution in [3.8, 4) is 11.5 Å². The quantitative estimate of drug-likeness (QED) is 0.623. The standard InChI is InChI=1S/C13H13ClO6S/c14-21(16,17)9-6-10(13(15)20-8-2-1-3-8)12-11(7-9)18-4-5-19-12/h6-8H,1-5H2. The topological polar surface area (TPSA) is 78.9 Å². The molecule has 1 fully saturated rings. The van der Waals surface area contributed by atoms with E-state index in [0.29, 0.717) is 0 Å². The number of hydrogen-bond donors (Lipinski definition) is 0. The Morgan fingerprint density at radius 1 is 1.24 bits per heavy atom. The molecule has 1 aliphatic heterocycles. The predicted octanol–water partition coefficient (Wildman–Crippen LogP) is 2.09. The van der Waals surface area contributed by atoms with Gasteiger partial charge in [-0.15, -0.1) is 0 Å². The van der Waals surface area contributed by atoms with Gasteiger partial charge >= 0.3 is 5.97 Å². The summed E-state index contributed by atoms with van der Waals surface area (Å²) in [4.78, 5) is 12.0. The molecule has 1 saturated carbocycles. The summed E-state index contributed by atoms with van der Waals surface area (Å²) in [5, 5.41) is 0. The van der Waals surface area contributed by atoms with Crippen molar-refractivity contribution in [2.24, 2.45) is 0 Å². The summed E-state index contributed by atoms with van der Waals surface area (Å²) in [5.74, 6) is -0.234. The Morgan fingerprint density at radius 2 is 1.95 bits per heavy atom. The van der Waals surface area contributed by atoms with Crippen LogP contribution in [0.1, 0.15) is 29.6 Å². The van der Waals surface area contributed by atoms with Crippen LogP contribution in [0.5, 0.6) is 11.5 Å². The minimum absolute atomic E-state index is 0.0262. The second kappa shape index (κ2) is 5.38. The highest BCUT2D eigenvalue weighted by atomic mass is 35.7. The van der Waals surface area contributed by atoms with Crippen LogP contribution in [0, 0.1) is 0 Å². The molecule has 21 heavy (non-hydrogen) atoms. The summed E-state index contributed by atoms with van der Waals surface area (Å²) >= 11 is 0. The number of carbonyl (C=O) groups is 1. The van der Waals surface area contributed by atoms with E-state index in [0.717, 1.165) is 25.3 Å². The van der Waals surface area contributed by atoms with Gasteiger partial charge in [0.2, 0.25) is 0 Å². The molecular formula is C13H13ClO6S. The molecule has 1 aromatic carbocycles. The molecule has 0 N–H and O–H groups in total. The van der Waals surface area contributed by atoms with Gasteiger partial charge in [-0.3, -0.25) is 0 Å². The van der Waals surface area contributed by atoms with Crippen molar-refractivity contribution in [1.82, 2.24) is 0 Å². The first-order chi connectivity index (χ1) is 9.95. The molecule has 0 aromatic heterocycles. The molecule has 2 aliphatic rings. The van der Waals surface area contributed by atoms with Crippen molar-refractivity contribution >= 4 is 25.7 Å². The Bertz CT molecular complexity index is 680. The lowest BCUT2D eigenvalue weighted by Crippen LogP contribution is -2.26. The molecule has 0 unspecified atom stereocenters. The molecule has 0 bridgehead atoms. The Hall–Kier alpha value is -1.47. The zero-order valence-electron chi connectivity index (χ0n) is 11.0. The lowest BCUT2D eigenvalue weighted by Gasteiger charge is -2.26. The van der Waals surface area contributed by atoms with Crippen LogP contribution < -0.4 is 9.47 Å².